The lowest BCUT2D eigenvalue weighted by atomic mass is 10.1. The molecule has 2 aromatic rings. The van der Waals surface area contributed by atoms with Crippen LogP contribution in [0.1, 0.15) is 12.5 Å². The van der Waals surface area contributed by atoms with Gasteiger partial charge in [0.1, 0.15) is 5.69 Å². The van der Waals surface area contributed by atoms with Crippen molar-refractivity contribution in [1.82, 2.24) is 9.55 Å². The number of nitrogens with one attached hydrogen (secondary N) is 1. The molecule has 0 radical (unpaired) electrons. The van der Waals surface area contributed by atoms with E-state index in [2.05, 4.69) is 10.3 Å². The molecule has 0 aliphatic rings. The van der Waals surface area contributed by atoms with Crippen molar-refractivity contribution in [3.05, 3.63) is 52.6 Å². The van der Waals surface area contributed by atoms with Crippen molar-refractivity contribution >= 4 is 11.4 Å². The molecule has 0 fully saturated rings. The highest BCUT2D eigenvalue weighted by Gasteiger charge is 2.15. The molecule has 6 nitrogen and oxygen atoms in total. The Labute approximate surface area is 111 Å². The zero-order valence-electron chi connectivity index (χ0n) is 10.9. The second-order valence-electron chi connectivity index (χ2n) is 4.58. The van der Waals surface area contributed by atoms with Crippen LogP contribution in [0, 0.1) is 17.0 Å². The first-order valence-electron chi connectivity index (χ1n) is 6.03. The minimum Gasteiger partial charge on any atom is -0.375 e. The van der Waals surface area contributed by atoms with Crippen LogP contribution in [-0.2, 0) is 6.54 Å². The van der Waals surface area contributed by atoms with Crippen molar-refractivity contribution in [1.29, 1.82) is 0 Å². The Kier molecular flexibility index (Phi) is 3.79. The molecule has 0 aliphatic heterocycles. The Hall–Kier alpha value is -2.37. The van der Waals surface area contributed by atoms with Crippen LogP contribution in [0.4, 0.5) is 11.4 Å². The van der Waals surface area contributed by atoms with Crippen molar-refractivity contribution in [3.63, 3.8) is 0 Å². The molecule has 0 saturated carbocycles. The third kappa shape index (κ3) is 3.31. The van der Waals surface area contributed by atoms with E-state index >= 15 is 0 Å². The molecule has 0 aliphatic carbocycles. The maximum absolute atomic E-state index is 11.0. The average Bonchev–Trinajstić information content (AvgIpc) is 2.81. The lowest BCUT2D eigenvalue weighted by Gasteiger charge is -2.16. The Morgan fingerprint density at radius 1 is 1.53 bits per heavy atom. The van der Waals surface area contributed by atoms with E-state index in [4.69, 9.17) is 0 Å². The SMILES string of the molecule is Cc1ccc([N+](=O)[O-])c(NC(C)Cn2ccnc2)c1. The van der Waals surface area contributed by atoms with Gasteiger partial charge in [-0.1, -0.05) is 6.07 Å². The molecule has 1 aromatic heterocycles. The van der Waals surface area contributed by atoms with E-state index in [1.54, 1.807) is 24.7 Å². The fraction of sp³-hybridized carbons (Fsp3) is 0.308. The molecule has 100 valence electrons. The first kappa shape index (κ1) is 13.1. The van der Waals surface area contributed by atoms with Crippen LogP contribution in [-0.4, -0.2) is 20.5 Å². The number of imidazole rings is 1. The summed E-state index contributed by atoms with van der Waals surface area (Å²) in [6.07, 6.45) is 5.30. The van der Waals surface area contributed by atoms with Crippen molar-refractivity contribution in [2.45, 2.75) is 26.4 Å². The van der Waals surface area contributed by atoms with Crippen molar-refractivity contribution in [2.24, 2.45) is 0 Å². The summed E-state index contributed by atoms with van der Waals surface area (Å²) in [6, 6.07) is 5.13. The van der Waals surface area contributed by atoms with Crippen LogP contribution < -0.4 is 5.32 Å². The highest BCUT2D eigenvalue weighted by molar-refractivity contribution is 5.63. The summed E-state index contributed by atoms with van der Waals surface area (Å²) in [6.45, 7) is 4.59. The molecule has 1 heterocycles. The van der Waals surface area contributed by atoms with Crippen LogP contribution in [0.2, 0.25) is 0 Å². The Balaban J connectivity index is 2.13. The third-order valence-corrected chi connectivity index (χ3v) is 2.79. The largest absolute Gasteiger partial charge is 0.375 e. The highest BCUT2D eigenvalue weighted by atomic mass is 16.6. The van der Waals surface area contributed by atoms with Gasteiger partial charge in [-0.25, -0.2) is 4.98 Å². The predicted octanol–water partition coefficient (Wildman–Crippen LogP) is 2.60. The Morgan fingerprint density at radius 2 is 2.32 bits per heavy atom. The van der Waals surface area contributed by atoms with Crippen LogP contribution in [0.3, 0.4) is 0 Å². The van der Waals surface area contributed by atoms with E-state index in [-0.39, 0.29) is 16.7 Å². The second kappa shape index (κ2) is 5.51. The molecule has 1 unspecified atom stereocenters. The van der Waals surface area contributed by atoms with Gasteiger partial charge >= 0.3 is 0 Å². The number of anilines is 1. The van der Waals surface area contributed by atoms with Gasteiger partial charge in [-0.3, -0.25) is 10.1 Å². The Bertz CT molecular complexity index is 566. The Morgan fingerprint density at radius 3 is 2.95 bits per heavy atom. The van der Waals surface area contributed by atoms with E-state index in [0.29, 0.717) is 12.2 Å². The molecule has 1 atom stereocenters. The number of aromatic nitrogens is 2. The van der Waals surface area contributed by atoms with Crippen LogP contribution in [0.25, 0.3) is 0 Å². The fourth-order valence-electron chi connectivity index (χ4n) is 1.95. The van der Waals surface area contributed by atoms with Crippen LogP contribution in [0.15, 0.2) is 36.9 Å². The molecule has 0 spiro atoms. The number of hydrogen-bond donors (Lipinski definition) is 1. The summed E-state index contributed by atoms with van der Waals surface area (Å²) in [5, 5.41) is 14.2. The van der Waals surface area contributed by atoms with Crippen LogP contribution in [0.5, 0.6) is 0 Å². The molecule has 1 N–H and O–H groups in total. The standard InChI is InChI=1S/C13H16N4O2/c1-10-3-4-13(17(18)19)12(7-10)15-11(2)8-16-6-5-14-9-16/h3-7,9,11,15H,8H2,1-2H3. The first-order chi connectivity index (χ1) is 9.06. The second-order valence-corrected chi connectivity index (χ2v) is 4.58. The summed E-state index contributed by atoms with van der Waals surface area (Å²) in [7, 11) is 0. The lowest BCUT2D eigenvalue weighted by Crippen LogP contribution is -2.21. The molecule has 19 heavy (non-hydrogen) atoms. The highest BCUT2D eigenvalue weighted by Crippen LogP contribution is 2.25. The molecular weight excluding hydrogens is 244 g/mol. The zero-order valence-corrected chi connectivity index (χ0v) is 10.9. The molecule has 0 bridgehead atoms. The lowest BCUT2D eigenvalue weighted by molar-refractivity contribution is -0.384. The number of nitrogens with zero attached hydrogens (tertiary/aromatic N) is 3. The van der Waals surface area contributed by atoms with Crippen molar-refractivity contribution < 1.29 is 4.92 Å². The van der Waals surface area contributed by atoms with Gasteiger partial charge in [0.25, 0.3) is 5.69 Å². The summed E-state index contributed by atoms with van der Waals surface area (Å²) >= 11 is 0. The van der Waals surface area contributed by atoms with Gasteiger partial charge in [0.2, 0.25) is 0 Å². The van der Waals surface area contributed by atoms with Gasteiger partial charge in [0.05, 0.1) is 11.3 Å². The third-order valence-electron chi connectivity index (χ3n) is 2.79. The summed E-state index contributed by atoms with van der Waals surface area (Å²) < 4.78 is 1.93. The van der Waals surface area contributed by atoms with E-state index in [9.17, 15) is 10.1 Å². The molecular formula is C13H16N4O2. The van der Waals surface area contributed by atoms with E-state index < -0.39 is 0 Å². The van der Waals surface area contributed by atoms with Gasteiger partial charge in [-0.05, 0) is 25.5 Å². The maximum atomic E-state index is 11.0. The first-order valence-corrected chi connectivity index (χ1v) is 6.03. The molecule has 0 saturated heterocycles. The van der Waals surface area contributed by atoms with Gasteiger partial charge in [0, 0.05) is 31.0 Å². The zero-order chi connectivity index (χ0) is 13.8. The number of aryl methyl sites for hydroxylation is 1. The predicted molar refractivity (Wildman–Crippen MR) is 73.1 cm³/mol. The summed E-state index contributed by atoms with van der Waals surface area (Å²) in [4.78, 5) is 14.6. The van der Waals surface area contributed by atoms with E-state index in [0.717, 1.165) is 5.56 Å². The molecule has 1 aromatic carbocycles. The number of rotatable bonds is 5. The number of nitro groups is 1. The van der Waals surface area contributed by atoms with Gasteiger partial charge in [-0.2, -0.15) is 0 Å². The maximum Gasteiger partial charge on any atom is 0.292 e. The molecule has 2 rings (SSSR count). The monoisotopic (exact) mass is 260 g/mol. The van der Waals surface area contributed by atoms with E-state index in [1.165, 1.54) is 6.07 Å². The van der Waals surface area contributed by atoms with E-state index in [1.807, 2.05) is 24.6 Å². The number of nitro benzene ring substituents is 1. The normalized spacial score (nSPS) is 12.1. The molecule has 0 amide bonds. The quantitative estimate of drug-likeness (QED) is 0.662. The van der Waals surface area contributed by atoms with Crippen molar-refractivity contribution in [3.8, 4) is 0 Å². The van der Waals surface area contributed by atoms with Crippen molar-refractivity contribution in [2.75, 3.05) is 5.32 Å². The summed E-state index contributed by atoms with van der Waals surface area (Å²) in [5.41, 5.74) is 1.64. The number of hydrogen-bond acceptors (Lipinski definition) is 4. The minimum absolute atomic E-state index is 0.0645. The molecule has 6 heteroatoms. The van der Waals surface area contributed by atoms with Gasteiger partial charge < -0.3 is 9.88 Å². The van der Waals surface area contributed by atoms with Gasteiger partial charge in [-0.15, -0.1) is 0 Å². The minimum atomic E-state index is -0.369. The summed E-state index contributed by atoms with van der Waals surface area (Å²) in [5.74, 6) is 0. The fourth-order valence-corrected chi connectivity index (χ4v) is 1.95. The van der Waals surface area contributed by atoms with Crippen LogP contribution >= 0.6 is 0 Å². The van der Waals surface area contributed by atoms with Gasteiger partial charge in [0.15, 0.2) is 0 Å². The average molecular weight is 260 g/mol. The topological polar surface area (TPSA) is 73.0 Å². The smallest absolute Gasteiger partial charge is 0.292 e. The number of benzene rings is 1.